The molecule has 1 fully saturated rings. The number of carbonyl (C=O) groups excluding carboxylic acids is 1. The standard InChI is InChI=1S/C22H24N4O3S/c1-16-14-17(24-29-16)15-30-21-20(4-3-9-23-21)22(27)26-12-10-25(11-13-26)18-5-7-19(28-2)8-6-18/h3-9,14H,10-13,15H2,1-2H3. The Labute approximate surface area is 180 Å². The van der Waals surface area contributed by atoms with Gasteiger partial charge in [-0.15, -0.1) is 0 Å². The van der Waals surface area contributed by atoms with Crippen LogP contribution in [-0.2, 0) is 5.75 Å². The number of ether oxygens (including phenoxy) is 1. The summed E-state index contributed by atoms with van der Waals surface area (Å²) in [6, 6.07) is 13.6. The van der Waals surface area contributed by atoms with E-state index in [-0.39, 0.29) is 5.91 Å². The van der Waals surface area contributed by atoms with Crippen molar-refractivity contribution in [3.8, 4) is 5.75 Å². The Morgan fingerprint density at radius 3 is 2.60 bits per heavy atom. The maximum absolute atomic E-state index is 13.2. The molecule has 1 saturated heterocycles. The van der Waals surface area contributed by atoms with Gasteiger partial charge in [0.2, 0.25) is 0 Å². The van der Waals surface area contributed by atoms with E-state index in [1.54, 1.807) is 13.3 Å². The zero-order chi connectivity index (χ0) is 20.9. The van der Waals surface area contributed by atoms with Gasteiger partial charge in [0, 0.05) is 49.9 Å². The Kier molecular flexibility index (Phi) is 6.23. The molecule has 1 aromatic carbocycles. The van der Waals surface area contributed by atoms with Crippen LogP contribution in [0.15, 0.2) is 58.2 Å². The number of pyridine rings is 1. The molecule has 30 heavy (non-hydrogen) atoms. The third-order valence-electron chi connectivity index (χ3n) is 5.04. The van der Waals surface area contributed by atoms with Gasteiger partial charge in [-0.05, 0) is 43.3 Å². The molecule has 3 heterocycles. The van der Waals surface area contributed by atoms with Crippen molar-refractivity contribution in [1.29, 1.82) is 0 Å². The number of methoxy groups -OCH3 is 1. The number of piperazine rings is 1. The number of aromatic nitrogens is 2. The van der Waals surface area contributed by atoms with Crippen molar-refractivity contribution >= 4 is 23.4 Å². The normalized spacial score (nSPS) is 14.1. The van der Waals surface area contributed by atoms with Gasteiger partial charge in [0.1, 0.15) is 16.5 Å². The average molecular weight is 425 g/mol. The molecule has 1 amide bonds. The first-order chi connectivity index (χ1) is 14.6. The van der Waals surface area contributed by atoms with Crippen molar-refractivity contribution in [2.24, 2.45) is 0 Å². The molecule has 1 aliphatic rings. The molecule has 0 saturated carbocycles. The highest BCUT2D eigenvalue weighted by Crippen LogP contribution is 2.26. The molecule has 0 radical (unpaired) electrons. The van der Waals surface area contributed by atoms with Crippen LogP contribution in [0.5, 0.6) is 5.75 Å². The number of benzene rings is 1. The van der Waals surface area contributed by atoms with Crippen LogP contribution in [0.2, 0.25) is 0 Å². The van der Waals surface area contributed by atoms with E-state index >= 15 is 0 Å². The summed E-state index contributed by atoms with van der Waals surface area (Å²) in [6.07, 6.45) is 1.72. The Hall–Kier alpha value is -3.00. The number of thioether (sulfide) groups is 1. The summed E-state index contributed by atoms with van der Waals surface area (Å²) >= 11 is 1.50. The number of anilines is 1. The number of carbonyl (C=O) groups is 1. The van der Waals surface area contributed by atoms with Gasteiger partial charge in [0.05, 0.1) is 18.4 Å². The van der Waals surface area contributed by atoms with Gasteiger partial charge >= 0.3 is 0 Å². The minimum atomic E-state index is 0.0244. The minimum Gasteiger partial charge on any atom is -0.497 e. The Bertz CT molecular complexity index is 998. The summed E-state index contributed by atoms with van der Waals surface area (Å²) in [4.78, 5) is 21.8. The van der Waals surface area contributed by atoms with Gasteiger partial charge in [-0.2, -0.15) is 0 Å². The number of hydrogen-bond acceptors (Lipinski definition) is 7. The van der Waals surface area contributed by atoms with Crippen molar-refractivity contribution in [3.05, 3.63) is 65.7 Å². The lowest BCUT2D eigenvalue weighted by Gasteiger charge is -2.36. The highest BCUT2D eigenvalue weighted by molar-refractivity contribution is 7.98. The third kappa shape index (κ3) is 4.59. The maximum atomic E-state index is 13.2. The maximum Gasteiger partial charge on any atom is 0.256 e. The summed E-state index contributed by atoms with van der Waals surface area (Å²) in [5.41, 5.74) is 2.62. The summed E-state index contributed by atoms with van der Waals surface area (Å²) < 4.78 is 10.3. The third-order valence-corrected chi connectivity index (χ3v) is 6.08. The van der Waals surface area contributed by atoms with E-state index in [1.165, 1.54) is 11.8 Å². The highest BCUT2D eigenvalue weighted by Gasteiger charge is 2.24. The van der Waals surface area contributed by atoms with Gasteiger partial charge < -0.3 is 19.1 Å². The van der Waals surface area contributed by atoms with Crippen LogP contribution in [0.4, 0.5) is 5.69 Å². The Balaban J connectivity index is 1.39. The zero-order valence-electron chi connectivity index (χ0n) is 17.1. The van der Waals surface area contributed by atoms with Crippen molar-refractivity contribution in [1.82, 2.24) is 15.0 Å². The molecule has 0 spiro atoms. The minimum absolute atomic E-state index is 0.0244. The van der Waals surface area contributed by atoms with E-state index in [1.807, 2.05) is 42.2 Å². The molecule has 0 atom stereocenters. The molecular weight excluding hydrogens is 400 g/mol. The molecule has 4 rings (SSSR count). The molecule has 1 aliphatic heterocycles. The molecule has 0 N–H and O–H groups in total. The Morgan fingerprint density at radius 2 is 1.93 bits per heavy atom. The van der Waals surface area contributed by atoms with Crippen molar-refractivity contribution in [3.63, 3.8) is 0 Å². The zero-order valence-corrected chi connectivity index (χ0v) is 17.9. The first-order valence-corrected chi connectivity index (χ1v) is 10.8. The highest BCUT2D eigenvalue weighted by atomic mass is 32.2. The number of rotatable bonds is 6. The van der Waals surface area contributed by atoms with Crippen LogP contribution >= 0.6 is 11.8 Å². The Morgan fingerprint density at radius 1 is 1.17 bits per heavy atom. The van der Waals surface area contributed by atoms with E-state index < -0.39 is 0 Å². The second-order valence-electron chi connectivity index (χ2n) is 7.05. The van der Waals surface area contributed by atoms with E-state index in [0.717, 1.165) is 41.0 Å². The lowest BCUT2D eigenvalue weighted by molar-refractivity contribution is 0.0742. The monoisotopic (exact) mass is 424 g/mol. The SMILES string of the molecule is COc1ccc(N2CCN(C(=O)c3cccnc3SCc3cc(C)on3)CC2)cc1. The lowest BCUT2D eigenvalue weighted by Crippen LogP contribution is -2.48. The summed E-state index contributed by atoms with van der Waals surface area (Å²) in [7, 11) is 1.66. The molecule has 0 bridgehead atoms. The molecular formula is C22H24N4O3S. The van der Waals surface area contributed by atoms with E-state index in [0.29, 0.717) is 24.4 Å². The second-order valence-corrected chi connectivity index (χ2v) is 8.02. The fourth-order valence-electron chi connectivity index (χ4n) is 3.43. The molecule has 156 valence electrons. The van der Waals surface area contributed by atoms with Gasteiger partial charge in [0.15, 0.2) is 0 Å². The molecule has 8 heteroatoms. The summed E-state index contributed by atoms with van der Waals surface area (Å²) in [5, 5.41) is 4.73. The molecule has 7 nitrogen and oxygen atoms in total. The topological polar surface area (TPSA) is 71.7 Å². The van der Waals surface area contributed by atoms with Crippen LogP contribution in [-0.4, -0.2) is 54.2 Å². The van der Waals surface area contributed by atoms with Crippen LogP contribution in [0.3, 0.4) is 0 Å². The molecule has 0 unspecified atom stereocenters. The van der Waals surface area contributed by atoms with E-state index in [4.69, 9.17) is 9.26 Å². The van der Waals surface area contributed by atoms with Gasteiger partial charge in [0.25, 0.3) is 5.91 Å². The van der Waals surface area contributed by atoms with Crippen molar-refractivity contribution in [2.45, 2.75) is 17.7 Å². The predicted molar refractivity (Wildman–Crippen MR) is 116 cm³/mol. The van der Waals surface area contributed by atoms with Crippen molar-refractivity contribution in [2.75, 3.05) is 38.2 Å². The quantitative estimate of drug-likeness (QED) is 0.560. The fraction of sp³-hybridized carbons (Fsp3) is 0.318. The van der Waals surface area contributed by atoms with Crippen LogP contribution < -0.4 is 9.64 Å². The number of amides is 1. The smallest absolute Gasteiger partial charge is 0.256 e. The van der Waals surface area contributed by atoms with Crippen LogP contribution in [0, 0.1) is 6.92 Å². The van der Waals surface area contributed by atoms with E-state index in [2.05, 4.69) is 27.2 Å². The second kappa shape index (κ2) is 9.21. The van der Waals surface area contributed by atoms with Crippen LogP contribution in [0.25, 0.3) is 0 Å². The number of hydrogen-bond donors (Lipinski definition) is 0. The predicted octanol–water partition coefficient (Wildman–Crippen LogP) is 3.64. The van der Waals surface area contributed by atoms with E-state index in [9.17, 15) is 4.79 Å². The number of nitrogens with zero attached hydrogens (tertiary/aromatic N) is 4. The molecule has 3 aromatic rings. The summed E-state index contributed by atoms with van der Waals surface area (Å²) in [5.74, 6) is 2.25. The largest absolute Gasteiger partial charge is 0.497 e. The first-order valence-electron chi connectivity index (χ1n) is 9.82. The fourth-order valence-corrected chi connectivity index (χ4v) is 4.29. The first kappa shape index (κ1) is 20.3. The number of aryl methyl sites for hydroxylation is 1. The average Bonchev–Trinajstić information content (AvgIpc) is 3.22. The summed E-state index contributed by atoms with van der Waals surface area (Å²) in [6.45, 7) is 4.79. The lowest BCUT2D eigenvalue weighted by atomic mass is 10.2. The van der Waals surface area contributed by atoms with Gasteiger partial charge in [-0.1, -0.05) is 16.9 Å². The van der Waals surface area contributed by atoms with Gasteiger partial charge in [-0.25, -0.2) is 4.98 Å². The van der Waals surface area contributed by atoms with Crippen LogP contribution in [0.1, 0.15) is 21.8 Å². The molecule has 2 aromatic heterocycles. The van der Waals surface area contributed by atoms with Gasteiger partial charge in [-0.3, -0.25) is 4.79 Å². The van der Waals surface area contributed by atoms with Crippen molar-refractivity contribution < 1.29 is 14.1 Å². The molecule has 0 aliphatic carbocycles.